The summed E-state index contributed by atoms with van der Waals surface area (Å²) in [4.78, 5) is 12.5. The Hall–Kier alpha value is -1.55. The van der Waals surface area contributed by atoms with E-state index in [0.29, 0.717) is 13.2 Å². The number of para-hydroxylation sites is 1. The average Bonchev–Trinajstić information content (AvgIpc) is 2.28. The molecule has 0 aliphatic carbocycles. The monoisotopic (exact) mass is 237 g/mol. The molecule has 4 heteroatoms. The number of hydrogen-bond donors (Lipinski definition) is 1. The highest BCUT2D eigenvalue weighted by atomic mass is 16.5. The van der Waals surface area contributed by atoms with Crippen LogP contribution in [0.1, 0.15) is 13.8 Å². The van der Waals surface area contributed by atoms with Gasteiger partial charge in [0.05, 0.1) is 6.54 Å². The zero-order valence-electron chi connectivity index (χ0n) is 10.3. The third kappa shape index (κ3) is 5.36. The average molecular weight is 237 g/mol. The lowest BCUT2D eigenvalue weighted by atomic mass is 10.3. The number of benzene rings is 1. The number of rotatable bonds is 7. The van der Waals surface area contributed by atoms with Crippen LogP contribution in [0.3, 0.4) is 0 Å². The molecule has 0 bridgehead atoms. The molecule has 1 aromatic carbocycles. The molecular formula is C13H19NO3. The molecule has 0 radical (unpaired) electrons. The van der Waals surface area contributed by atoms with E-state index in [1.807, 2.05) is 49.1 Å². The minimum absolute atomic E-state index is 0.0514. The van der Waals surface area contributed by atoms with Crippen molar-refractivity contribution in [3.63, 3.8) is 0 Å². The molecule has 94 valence electrons. The molecule has 0 atom stereocenters. The fourth-order valence-electron chi connectivity index (χ4n) is 1.49. The Morgan fingerprint density at radius 3 is 2.53 bits per heavy atom. The molecule has 0 saturated heterocycles. The van der Waals surface area contributed by atoms with Gasteiger partial charge < -0.3 is 9.84 Å². The molecule has 0 aliphatic heterocycles. The van der Waals surface area contributed by atoms with Crippen LogP contribution in [0.4, 0.5) is 0 Å². The van der Waals surface area contributed by atoms with Crippen molar-refractivity contribution in [3.8, 4) is 5.75 Å². The molecular weight excluding hydrogens is 218 g/mol. The Balaban J connectivity index is 2.35. The second-order valence-electron chi connectivity index (χ2n) is 4.12. The Kier molecular flexibility index (Phi) is 5.49. The van der Waals surface area contributed by atoms with Gasteiger partial charge in [-0.25, -0.2) is 0 Å². The quantitative estimate of drug-likeness (QED) is 0.786. The molecule has 0 amide bonds. The van der Waals surface area contributed by atoms with E-state index >= 15 is 0 Å². The fraction of sp³-hybridized carbons (Fsp3) is 0.462. The molecule has 4 nitrogen and oxygen atoms in total. The predicted molar refractivity (Wildman–Crippen MR) is 66.3 cm³/mol. The van der Waals surface area contributed by atoms with Gasteiger partial charge in [0.2, 0.25) is 0 Å². The Bertz CT molecular complexity index is 338. The third-order valence-electron chi connectivity index (χ3n) is 2.46. The Labute approximate surface area is 102 Å². The summed E-state index contributed by atoms with van der Waals surface area (Å²) in [7, 11) is 0. The van der Waals surface area contributed by atoms with Crippen molar-refractivity contribution in [3.05, 3.63) is 30.3 Å². The lowest BCUT2D eigenvalue weighted by molar-refractivity contribution is -0.138. The summed E-state index contributed by atoms with van der Waals surface area (Å²) in [6.07, 6.45) is 0. The molecule has 1 N–H and O–H groups in total. The van der Waals surface area contributed by atoms with Crippen LogP contribution in [0.5, 0.6) is 5.75 Å². The Morgan fingerprint density at radius 2 is 2.00 bits per heavy atom. The van der Waals surface area contributed by atoms with Gasteiger partial charge in [-0.05, 0) is 26.0 Å². The number of carboxylic acids is 1. The molecule has 0 aliphatic rings. The van der Waals surface area contributed by atoms with E-state index in [0.717, 1.165) is 5.75 Å². The normalized spacial score (nSPS) is 10.8. The van der Waals surface area contributed by atoms with Crippen LogP contribution in [0, 0.1) is 0 Å². The SMILES string of the molecule is CC(C)N(CCOc1ccccc1)CC(=O)O. The Morgan fingerprint density at radius 1 is 1.35 bits per heavy atom. The number of carbonyl (C=O) groups is 1. The van der Waals surface area contributed by atoms with E-state index in [2.05, 4.69) is 0 Å². The summed E-state index contributed by atoms with van der Waals surface area (Å²) in [5, 5.41) is 8.77. The number of nitrogens with zero attached hydrogens (tertiary/aromatic N) is 1. The largest absolute Gasteiger partial charge is 0.492 e. The molecule has 0 unspecified atom stereocenters. The van der Waals surface area contributed by atoms with E-state index in [1.54, 1.807) is 0 Å². The molecule has 0 aromatic heterocycles. The maximum absolute atomic E-state index is 10.7. The lowest BCUT2D eigenvalue weighted by Crippen LogP contribution is -2.38. The summed E-state index contributed by atoms with van der Waals surface area (Å²) in [5.74, 6) is 0.00458. The molecule has 0 saturated carbocycles. The van der Waals surface area contributed by atoms with Crippen LogP contribution in [-0.4, -0.2) is 41.7 Å². The molecule has 1 aromatic rings. The number of hydrogen-bond acceptors (Lipinski definition) is 3. The van der Waals surface area contributed by atoms with Crippen molar-refractivity contribution in [2.45, 2.75) is 19.9 Å². The maximum atomic E-state index is 10.7. The summed E-state index contributed by atoms with van der Waals surface area (Å²) >= 11 is 0. The highest BCUT2D eigenvalue weighted by Crippen LogP contribution is 2.08. The van der Waals surface area contributed by atoms with Crippen LogP contribution >= 0.6 is 0 Å². The first-order chi connectivity index (χ1) is 8.09. The van der Waals surface area contributed by atoms with Crippen molar-refractivity contribution >= 4 is 5.97 Å². The van der Waals surface area contributed by atoms with Gasteiger partial charge in [0.25, 0.3) is 0 Å². The van der Waals surface area contributed by atoms with E-state index in [1.165, 1.54) is 0 Å². The van der Waals surface area contributed by atoms with Crippen molar-refractivity contribution in [1.82, 2.24) is 4.90 Å². The van der Waals surface area contributed by atoms with Gasteiger partial charge in [0.1, 0.15) is 12.4 Å². The summed E-state index contributed by atoms with van der Waals surface area (Å²) in [6, 6.07) is 9.72. The van der Waals surface area contributed by atoms with Gasteiger partial charge in [-0.15, -0.1) is 0 Å². The summed E-state index contributed by atoms with van der Waals surface area (Å²) in [5.41, 5.74) is 0. The second kappa shape index (κ2) is 6.91. The van der Waals surface area contributed by atoms with Gasteiger partial charge in [0, 0.05) is 12.6 Å². The number of ether oxygens (including phenoxy) is 1. The molecule has 17 heavy (non-hydrogen) atoms. The molecule has 0 spiro atoms. The highest BCUT2D eigenvalue weighted by molar-refractivity contribution is 5.69. The first kappa shape index (κ1) is 13.5. The summed E-state index contributed by atoms with van der Waals surface area (Å²) < 4.78 is 5.53. The van der Waals surface area contributed by atoms with Crippen molar-refractivity contribution in [2.75, 3.05) is 19.7 Å². The zero-order chi connectivity index (χ0) is 12.7. The van der Waals surface area contributed by atoms with Gasteiger partial charge in [-0.3, -0.25) is 9.69 Å². The predicted octanol–water partition coefficient (Wildman–Crippen LogP) is 1.86. The minimum Gasteiger partial charge on any atom is -0.492 e. The minimum atomic E-state index is -0.807. The number of carboxylic acid groups (broad SMARTS) is 1. The summed E-state index contributed by atoms with van der Waals surface area (Å²) in [6.45, 7) is 5.11. The van der Waals surface area contributed by atoms with E-state index in [-0.39, 0.29) is 12.6 Å². The smallest absolute Gasteiger partial charge is 0.317 e. The third-order valence-corrected chi connectivity index (χ3v) is 2.46. The first-order valence-corrected chi connectivity index (χ1v) is 5.73. The van der Waals surface area contributed by atoms with Gasteiger partial charge in [-0.1, -0.05) is 18.2 Å². The van der Waals surface area contributed by atoms with E-state index in [9.17, 15) is 4.79 Å². The van der Waals surface area contributed by atoms with Crippen LogP contribution in [0.15, 0.2) is 30.3 Å². The molecule has 0 heterocycles. The van der Waals surface area contributed by atoms with Gasteiger partial charge in [0.15, 0.2) is 0 Å². The van der Waals surface area contributed by atoms with Crippen LogP contribution in [0.25, 0.3) is 0 Å². The zero-order valence-corrected chi connectivity index (χ0v) is 10.3. The van der Waals surface area contributed by atoms with Crippen LogP contribution < -0.4 is 4.74 Å². The highest BCUT2D eigenvalue weighted by Gasteiger charge is 2.12. The number of aliphatic carboxylic acids is 1. The standard InChI is InChI=1S/C13H19NO3/c1-11(2)14(10-13(15)16)8-9-17-12-6-4-3-5-7-12/h3-7,11H,8-10H2,1-2H3,(H,15,16). The van der Waals surface area contributed by atoms with Crippen LogP contribution in [-0.2, 0) is 4.79 Å². The fourth-order valence-corrected chi connectivity index (χ4v) is 1.49. The second-order valence-corrected chi connectivity index (χ2v) is 4.12. The lowest BCUT2D eigenvalue weighted by Gasteiger charge is -2.24. The van der Waals surface area contributed by atoms with Crippen molar-refractivity contribution < 1.29 is 14.6 Å². The van der Waals surface area contributed by atoms with Crippen molar-refractivity contribution in [1.29, 1.82) is 0 Å². The van der Waals surface area contributed by atoms with Gasteiger partial charge >= 0.3 is 5.97 Å². The van der Waals surface area contributed by atoms with E-state index in [4.69, 9.17) is 9.84 Å². The van der Waals surface area contributed by atoms with Crippen LogP contribution in [0.2, 0.25) is 0 Å². The maximum Gasteiger partial charge on any atom is 0.317 e. The van der Waals surface area contributed by atoms with Gasteiger partial charge in [-0.2, -0.15) is 0 Å². The topological polar surface area (TPSA) is 49.8 Å². The molecule has 0 fully saturated rings. The molecule has 1 rings (SSSR count). The van der Waals surface area contributed by atoms with E-state index < -0.39 is 5.97 Å². The van der Waals surface area contributed by atoms with Crippen molar-refractivity contribution in [2.24, 2.45) is 0 Å². The first-order valence-electron chi connectivity index (χ1n) is 5.73.